The van der Waals surface area contributed by atoms with Gasteiger partial charge in [0.1, 0.15) is 6.04 Å². The second-order valence-electron chi connectivity index (χ2n) is 3.01. The highest BCUT2D eigenvalue weighted by atomic mass is 35.5. The minimum Gasteiger partial charge on any atom is -0.375 e. The lowest BCUT2D eigenvalue weighted by Gasteiger charge is -2.08. The van der Waals surface area contributed by atoms with E-state index in [0.29, 0.717) is 6.61 Å². The minimum absolute atomic E-state index is 0. The maximum atomic E-state index is 10.6. The smallest absolute Gasteiger partial charge is 0.236 e. The van der Waals surface area contributed by atoms with E-state index in [2.05, 4.69) is 0 Å². The number of primary amides is 1. The molecule has 0 aliphatic heterocycles. The van der Waals surface area contributed by atoms with Gasteiger partial charge < -0.3 is 16.2 Å². The predicted octanol–water partition coefficient (Wildman–Crippen LogP) is 0.438. The van der Waals surface area contributed by atoms with Crippen LogP contribution in [-0.4, -0.2) is 18.6 Å². The first-order valence-corrected chi connectivity index (χ1v) is 4.36. The maximum absolute atomic E-state index is 10.6. The summed E-state index contributed by atoms with van der Waals surface area (Å²) >= 11 is 0. The Labute approximate surface area is 95.0 Å². The van der Waals surface area contributed by atoms with E-state index in [1.165, 1.54) is 0 Å². The van der Waals surface area contributed by atoms with Crippen molar-refractivity contribution in [1.29, 1.82) is 0 Å². The third kappa shape index (κ3) is 5.37. The molecule has 15 heavy (non-hydrogen) atoms. The monoisotopic (exact) mass is 230 g/mol. The number of rotatable bonds is 5. The molecule has 1 amide bonds. The zero-order chi connectivity index (χ0) is 10.4. The number of hydrogen-bond acceptors (Lipinski definition) is 3. The lowest BCUT2D eigenvalue weighted by atomic mass is 10.2. The molecule has 0 radical (unpaired) electrons. The molecule has 5 heteroatoms. The first kappa shape index (κ1) is 13.9. The quantitative estimate of drug-likeness (QED) is 0.771. The number of hydrogen-bond donors (Lipinski definition) is 2. The van der Waals surface area contributed by atoms with E-state index in [0.717, 1.165) is 5.56 Å². The van der Waals surface area contributed by atoms with E-state index in [4.69, 9.17) is 16.2 Å². The van der Waals surface area contributed by atoms with E-state index in [1.807, 2.05) is 30.3 Å². The number of halogens is 1. The molecule has 0 unspecified atom stereocenters. The number of amides is 1. The summed E-state index contributed by atoms with van der Waals surface area (Å²) in [5.41, 5.74) is 11.4. The van der Waals surface area contributed by atoms with Crippen LogP contribution < -0.4 is 11.5 Å². The Kier molecular flexibility index (Phi) is 6.70. The molecule has 0 aliphatic rings. The standard InChI is InChI=1S/C10H14N2O2.ClH/c11-9(10(12)13)7-14-6-8-4-2-1-3-5-8;/h1-5,9H,6-7,11H2,(H2,12,13);1H/t9-;/m0./s1. The van der Waals surface area contributed by atoms with E-state index in [-0.39, 0.29) is 19.0 Å². The SMILES string of the molecule is Cl.NC(=O)[C@@H](N)COCc1ccccc1. The Morgan fingerprint density at radius 3 is 2.47 bits per heavy atom. The summed E-state index contributed by atoms with van der Waals surface area (Å²) in [5.74, 6) is -0.543. The Morgan fingerprint density at radius 1 is 1.33 bits per heavy atom. The Bertz CT molecular complexity index is 293. The molecular formula is C10H15ClN2O2. The fraction of sp³-hybridized carbons (Fsp3) is 0.300. The summed E-state index contributed by atoms with van der Waals surface area (Å²) in [5, 5.41) is 0. The van der Waals surface area contributed by atoms with Crippen molar-refractivity contribution in [2.45, 2.75) is 12.6 Å². The molecule has 0 bridgehead atoms. The highest BCUT2D eigenvalue weighted by molar-refractivity contribution is 5.85. The summed E-state index contributed by atoms with van der Waals surface area (Å²) < 4.78 is 5.22. The fourth-order valence-electron chi connectivity index (χ4n) is 0.960. The van der Waals surface area contributed by atoms with Crippen LogP contribution in [0, 0.1) is 0 Å². The van der Waals surface area contributed by atoms with Gasteiger partial charge in [0.2, 0.25) is 5.91 Å². The molecule has 1 atom stereocenters. The van der Waals surface area contributed by atoms with Gasteiger partial charge in [-0.25, -0.2) is 0 Å². The zero-order valence-electron chi connectivity index (χ0n) is 8.26. The Morgan fingerprint density at radius 2 is 1.93 bits per heavy atom. The molecule has 0 spiro atoms. The van der Waals surface area contributed by atoms with E-state index < -0.39 is 11.9 Å². The van der Waals surface area contributed by atoms with E-state index >= 15 is 0 Å². The molecule has 1 rings (SSSR count). The normalized spacial score (nSPS) is 11.5. The topological polar surface area (TPSA) is 78.3 Å². The molecule has 4 nitrogen and oxygen atoms in total. The van der Waals surface area contributed by atoms with E-state index in [1.54, 1.807) is 0 Å². The average molecular weight is 231 g/mol. The third-order valence-corrected chi connectivity index (χ3v) is 1.77. The Hall–Kier alpha value is -1.10. The molecule has 0 aromatic heterocycles. The third-order valence-electron chi connectivity index (χ3n) is 1.77. The van der Waals surface area contributed by atoms with Gasteiger partial charge in [0.05, 0.1) is 13.2 Å². The summed E-state index contributed by atoms with van der Waals surface area (Å²) in [6, 6.07) is 8.93. The van der Waals surface area contributed by atoms with Crippen LogP contribution in [0.3, 0.4) is 0 Å². The van der Waals surface area contributed by atoms with Gasteiger partial charge >= 0.3 is 0 Å². The molecule has 0 fully saturated rings. The van der Waals surface area contributed by atoms with Gasteiger partial charge in [0, 0.05) is 0 Å². The van der Waals surface area contributed by atoms with Crippen LogP contribution in [0.1, 0.15) is 5.56 Å². The van der Waals surface area contributed by atoms with Gasteiger partial charge in [-0.3, -0.25) is 4.79 Å². The van der Waals surface area contributed by atoms with E-state index in [9.17, 15) is 4.79 Å². The van der Waals surface area contributed by atoms with Crippen LogP contribution in [0.2, 0.25) is 0 Å². The number of benzene rings is 1. The van der Waals surface area contributed by atoms with Crippen LogP contribution in [0.4, 0.5) is 0 Å². The van der Waals surface area contributed by atoms with Crippen LogP contribution >= 0.6 is 12.4 Å². The van der Waals surface area contributed by atoms with Crippen molar-refractivity contribution < 1.29 is 9.53 Å². The molecule has 4 N–H and O–H groups in total. The Balaban J connectivity index is 0.00000196. The van der Waals surface area contributed by atoms with Crippen molar-refractivity contribution in [2.75, 3.05) is 6.61 Å². The van der Waals surface area contributed by atoms with Crippen LogP contribution in [-0.2, 0) is 16.1 Å². The molecule has 1 aromatic carbocycles. The summed E-state index contributed by atoms with van der Waals surface area (Å²) in [6.45, 7) is 0.603. The van der Waals surface area contributed by atoms with Crippen molar-refractivity contribution in [3.8, 4) is 0 Å². The van der Waals surface area contributed by atoms with Gasteiger partial charge in [0.25, 0.3) is 0 Å². The second kappa shape index (κ2) is 7.23. The number of carbonyl (C=O) groups excluding carboxylic acids is 1. The largest absolute Gasteiger partial charge is 0.375 e. The van der Waals surface area contributed by atoms with Gasteiger partial charge in [-0.1, -0.05) is 30.3 Å². The predicted molar refractivity (Wildman–Crippen MR) is 60.5 cm³/mol. The van der Waals surface area contributed by atoms with Crippen molar-refractivity contribution >= 4 is 18.3 Å². The lowest BCUT2D eigenvalue weighted by molar-refractivity contribution is -0.120. The second-order valence-corrected chi connectivity index (χ2v) is 3.01. The molecule has 0 saturated carbocycles. The molecule has 1 aromatic rings. The number of ether oxygens (including phenoxy) is 1. The number of carbonyl (C=O) groups is 1. The first-order chi connectivity index (χ1) is 6.70. The maximum Gasteiger partial charge on any atom is 0.236 e. The highest BCUT2D eigenvalue weighted by Crippen LogP contribution is 2.00. The fourth-order valence-corrected chi connectivity index (χ4v) is 0.960. The molecule has 84 valence electrons. The molecular weight excluding hydrogens is 216 g/mol. The summed E-state index contributed by atoms with van der Waals surface area (Å²) in [4.78, 5) is 10.6. The first-order valence-electron chi connectivity index (χ1n) is 4.36. The molecule has 0 aliphatic carbocycles. The lowest BCUT2D eigenvalue weighted by Crippen LogP contribution is -2.40. The zero-order valence-corrected chi connectivity index (χ0v) is 9.07. The highest BCUT2D eigenvalue weighted by Gasteiger charge is 2.08. The molecule has 0 heterocycles. The van der Waals surface area contributed by atoms with Gasteiger partial charge in [-0.2, -0.15) is 0 Å². The van der Waals surface area contributed by atoms with Gasteiger partial charge in [-0.15, -0.1) is 12.4 Å². The summed E-state index contributed by atoms with van der Waals surface area (Å²) in [6.07, 6.45) is 0. The summed E-state index contributed by atoms with van der Waals surface area (Å²) in [7, 11) is 0. The van der Waals surface area contributed by atoms with Gasteiger partial charge in [0.15, 0.2) is 0 Å². The van der Waals surface area contributed by atoms with Crippen LogP contribution in [0.5, 0.6) is 0 Å². The van der Waals surface area contributed by atoms with Crippen molar-refractivity contribution in [2.24, 2.45) is 11.5 Å². The molecule has 0 saturated heterocycles. The van der Waals surface area contributed by atoms with Crippen LogP contribution in [0.25, 0.3) is 0 Å². The van der Waals surface area contributed by atoms with Gasteiger partial charge in [-0.05, 0) is 5.56 Å². The van der Waals surface area contributed by atoms with Crippen molar-refractivity contribution in [1.82, 2.24) is 0 Å². The van der Waals surface area contributed by atoms with Crippen LogP contribution in [0.15, 0.2) is 30.3 Å². The number of nitrogens with two attached hydrogens (primary N) is 2. The van der Waals surface area contributed by atoms with Crippen molar-refractivity contribution in [3.05, 3.63) is 35.9 Å². The van der Waals surface area contributed by atoms with Crippen molar-refractivity contribution in [3.63, 3.8) is 0 Å². The average Bonchev–Trinajstić information content (AvgIpc) is 2.19. The minimum atomic E-state index is -0.723.